The highest BCUT2D eigenvalue weighted by Crippen LogP contribution is 2.28. The monoisotopic (exact) mass is 305 g/mol. The van der Waals surface area contributed by atoms with E-state index in [-0.39, 0.29) is 28.5 Å². The Bertz CT molecular complexity index is 559. The summed E-state index contributed by atoms with van der Waals surface area (Å²) in [6.07, 6.45) is 1.89. The molecule has 0 aromatic heterocycles. The number of hydrogen-bond donors (Lipinski definition) is 0. The van der Waals surface area contributed by atoms with Crippen molar-refractivity contribution < 1.29 is 9.72 Å². The molecule has 6 nitrogen and oxygen atoms in total. The van der Waals surface area contributed by atoms with Gasteiger partial charge in [0.15, 0.2) is 0 Å². The van der Waals surface area contributed by atoms with Gasteiger partial charge in [0, 0.05) is 38.8 Å². The molecule has 0 unspecified atom stereocenters. The fourth-order valence-electron chi connectivity index (χ4n) is 3.03. The van der Waals surface area contributed by atoms with Gasteiger partial charge in [0.05, 0.1) is 10.8 Å². The zero-order valence-corrected chi connectivity index (χ0v) is 13.4. The van der Waals surface area contributed by atoms with Gasteiger partial charge in [-0.2, -0.15) is 0 Å². The molecular formula is C16H23N3O3. The van der Waals surface area contributed by atoms with Gasteiger partial charge in [-0.15, -0.1) is 0 Å². The Hall–Kier alpha value is -1.95. The molecule has 1 amide bonds. The summed E-state index contributed by atoms with van der Waals surface area (Å²) >= 11 is 0. The number of amides is 1. The Labute approximate surface area is 130 Å². The van der Waals surface area contributed by atoms with Crippen LogP contribution in [0.15, 0.2) is 24.3 Å². The van der Waals surface area contributed by atoms with Gasteiger partial charge in [0.2, 0.25) is 5.91 Å². The predicted molar refractivity (Wildman–Crippen MR) is 84.5 cm³/mol. The number of nitro groups is 1. The topological polar surface area (TPSA) is 66.7 Å². The molecule has 6 heteroatoms. The smallest absolute Gasteiger partial charge is 0.269 e. The van der Waals surface area contributed by atoms with Crippen LogP contribution in [-0.4, -0.2) is 47.8 Å². The van der Waals surface area contributed by atoms with E-state index in [1.165, 1.54) is 6.07 Å². The minimum absolute atomic E-state index is 0.0184. The molecule has 1 heterocycles. The van der Waals surface area contributed by atoms with Crippen molar-refractivity contribution >= 4 is 11.6 Å². The van der Waals surface area contributed by atoms with E-state index < -0.39 is 0 Å². The summed E-state index contributed by atoms with van der Waals surface area (Å²) < 4.78 is 0. The molecule has 22 heavy (non-hydrogen) atoms. The van der Waals surface area contributed by atoms with Crippen LogP contribution in [0.5, 0.6) is 0 Å². The van der Waals surface area contributed by atoms with Crippen LogP contribution < -0.4 is 0 Å². The number of benzene rings is 1. The Balaban J connectivity index is 2.12. The van der Waals surface area contributed by atoms with Crippen molar-refractivity contribution in [2.75, 3.05) is 27.2 Å². The van der Waals surface area contributed by atoms with E-state index in [4.69, 9.17) is 0 Å². The summed E-state index contributed by atoms with van der Waals surface area (Å²) in [7, 11) is 3.57. The van der Waals surface area contributed by atoms with Crippen molar-refractivity contribution in [3.63, 3.8) is 0 Å². The highest BCUT2D eigenvalue weighted by atomic mass is 16.6. The summed E-state index contributed by atoms with van der Waals surface area (Å²) in [4.78, 5) is 26.6. The van der Waals surface area contributed by atoms with Crippen molar-refractivity contribution in [1.29, 1.82) is 0 Å². The van der Waals surface area contributed by atoms with E-state index in [1.807, 2.05) is 13.0 Å². The second-order valence-corrected chi connectivity index (χ2v) is 6.09. The highest BCUT2D eigenvalue weighted by molar-refractivity contribution is 5.78. The molecule has 0 radical (unpaired) electrons. The first-order valence-corrected chi connectivity index (χ1v) is 7.59. The van der Waals surface area contributed by atoms with E-state index in [2.05, 4.69) is 4.90 Å². The van der Waals surface area contributed by atoms with Gasteiger partial charge in [-0.25, -0.2) is 0 Å². The number of nitrogens with zero attached hydrogens (tertiary/aromatic N) is 3. The van der Waals surface area contributed by atoms with Crippen LogP contribution >= 0.6 is 0 Å². The van der Waals surface area contributed by atoms with Gasteiger partial charge >= 0.3 is 0 Å². The number of carbonyl (C=O) groups excluding carboxylic acids is 1. The van der Waals surface area contributed by atoms with E-state index >= 15 is 0 Å². The predicted octanol–water partition coefficient (Wildman–Crippen LogP) is 2.46. The molecule has 1 aromatic rings. The van der Waals surface area contributed by atoms with Crippen molar-refractivity contribution in [2.24, 2.45) is 5.92 Å². The van der Waals surface area contributed by atoms with Crippen LogP contribution in [0.1, 0.15) is 31.4 Å². The minimum Gasteiger partial charge on any atom is -0.349 e. The van der Waals surface area contributed by atoms with Gasteiger partial charge in [-0.05, 0) is 31.9 Å². The summed E-state index contributed by atoms with van der Waals surface area (Å²) in [5.74, 6) is 0.181. The third-order valence-electron chi connectivity index (χ3n) is 4.35. The number of likely N-dealkylation sites (tertiary alicyclic amines) is 1. The number of nitro benzene ring substituents is 1. The third-order valence-corrected chi connectivity index (χ3v) is 4.35. The molecule has 1 saturated heterocycles. The van der Waals surface area contributed by atoms with Crippen LogP contribution in [0.3, 0.4) is 0 Å². The molecule has 1 aliphatic heterocycles. The average Bonchev–Trinajstić information content (AvgIpc) is 2.53. The number of piperidine rings is 1. The zero-order valence-electron chi connectivity index (χ0n) is 13.4. The lowest BCUT2D eigenvalue weighted by Crippen LogP contribution is -2.43. The number of carbonyl (C=O) groups is 1. The van der Waals surface area contributed by atoms with E-state index in [1.54, 1.807) is 31.1 Å². The molecule has 1 aliphatic rings. The first-order chi connectivity index (χ1) is 10.4. The average molecular weight is 305 g/mol. The van der Waals surface area contributed by atoms with Crippen LogP contribution in [0.2, 0.25) is 0 Å². The first-order valence-electron chi connectivity index (χ1n) is 7.59. The Morgan fingerprint density at radius 3 is 2.82 bits per heavy atom. The lowest BCUT2D eigenvalue weighted by atomic mass is 9.94. The van der Waals surface area contributed by atoms with Gasteiger partial charge in [0.25, 0.3) is 5.69 Å². The largest absolute Gasteiger partial charge is 0.349 e. The van der Waals surface area contributed by atoms with Gasteiger partial charge in [0.1, 0.15) is 0 Å². The maximum absolute atomic E-state index is 12.2. The SMILES string of the molecule is C[C@@H](c1cccc([N+](=O)[O-])c1)N1CCC[C@@H](C(=O)N(C)C)C1. The normalized spacial score (nSPS) is 20.4. The lowest BCUT2D eigenvalue weighted by Gasteiger charge is -2.37. The molecule has 0 saturated carbocycles. The van der Waals surface area contributed by atoms with Crippen molar-refractivity contribution in [1.82, 2.24) is 9.80 Å². The number of hydrogen-bond acceptors (Lipinski definition) is 4. The molecule has 2 rings (SSSR count). The van der Waals surface area contributed by atoms with E-state index in [0.29, 0.717) is 6.54 Å². The molecule has 0 N–H and O–H groups in total. The summed E-state index contributed by atoms with van der Waals surface area (Å²) in [5.41, 5.74) is 1.04. The second-order valence-electron chi connectivity index (χ2n) is 6.09. The number of non-ortho nitro benzene ring substituents is 1. The zero-order chi connectivity index (χ0) is 16.3. The quantitative estimate of drug-likeness (QED) is 0.633. The van der Waals surface area contributed by atoms with Gasteiger partial charge < -0.3 is 4.90 Å². The summed E-state index contributed by atoms with van der Waals surface area (Å²) in [6.45, 7) is 3.67. The molecule has 0 bridgehead atoms. The second kappa shape index (κ2) is 6.87. The van der Waals surface area contributed by atoms with Crippen LogP contribution in [0.4, 0.5) is 5.69 Å². The van der Waals surface area contributed by atoms with Crippen LogP contribution in [-0.2, 0) is 4.79 Å². The molecular weight excluding hydrogens is 282 g/mol. The van der Waals surface area contributed by atoms with Crippen LogP contribution in [0, 0.1) is 16.0 Å². The molecule has 1 fully saturated rings. The molecule has 0 spiro atoms. The lowest BCUT2D eigenvalue weighted by molar-refractivity contribution is -0.385. The molecule has 1 aromatic carbocycles. The Morgan fingerprint density at radius 1 is 1.45 bits per heavy atom. The first kappa shape index (κ1) is 16.4. The third kappa shape index (κ3) is 3.62. The standard InChI is InChI=1S/C16H23N3O3/c1-12(13-6-4-8-15(10-13)19(21)22)18-9-5-7-14(11-18)16(20)17(2)3/h4,6,8,10,12,14H,5,7,9,11H2,1-3H3/t12-,14+/m0/s1. The van der Waals surface area contributed by atoms with Gasteiger partial charge in [-0.3, -0.25) is 19.8 Å². The highest BCUT2D eigenvalue weighted by Gasteiger charge is 2.29. The molecule has 0 aliphatic carbocycles. The van der Waals surface area contributed by atoms with Crippen molar-refractivity contribution in [2.45, 2.75) is 25.8 Å². The molecule has 120 valence electrons. The minimum atomic E-state index is -0.370. The van der Waals surface area contributed by atoms with E-state index in [0.717, 1.165) is 24.9 Å². The van der Waals surface area contributed by atoms with Crippen molar-refractivity contribution in [3.8, 4) is 0 Å². The summed E-state index contributed by atoms with van der Waals surface area (Å²) in [5, 5.41) is 10.9. The van der Waals surface area contributed by atoms with Crippen molar-refractivity contribution in [3.05, 3.63) is 39.9 Å². The molecule has 2 atom stereocenters. The summed E-state index contributed by atoms with van der Waals surface area (Å²) in [6, 6.07) is 6.83. The Morgan fingerprint density at radius 2 is 2.18 bits per heavy atom. The fraction of sp³-hybridized carbons (Fsp3) is 0.562. The van der Waals surface area contributed by atoms with E-state index in [9.17, 15) is 14.9 Å². The maximum Gasteiger partial charge on any atom is 0.269 e. The Kier molecular flexibility index (Phi) is 5.13. The van der Waals surface area contributed by atoms with Gasteiger partial charge in [-0.1, -0.05) is 12.1 Å². The maximum atomic E-state index is 12.2. The number of rotatable bonds is 4. The van der Waals surface area contributed by atoms with Crippen LogP contribution in [0.25, 0.3) is 0 Å². The fourth-order valence-corrected chi connectivity index (χ4v) is 3.03.